The molecule has 0 heterocycles. The molecule has 0 aromatic rings. The number of aliphatic hydroxyl groups is 5. The third kappa shape index (κ3) is 4.79. The van der Waals surface area contributed by atoms with Crippen LogP contribution in [-0.4, -0.2) is 62.8 Å². The second-order valence-electron chi connectivity index (χ2n) is 2.36. The first-order valence-corrected chi connectivity index (χ1v) is 3.33. The molecule has 6 nitrogen and oxygen atoms in total. The summed E-state index contributed by atoms with van der Waals surface area (Å²) >= 11 is 0. The maximum absolute atomic E-state index is 9.90. The summed E-state index contributed by atoms with van der Waals surface area (Å²) in [5.41, 5.74) is 0. The van der Waals surface area contributed by atoms with Gasteiger partial charge >= 0.3 is 0 Å². The summed E-state index contributed by atoms with van der Waals surface area (Å²) in [6.45, 7) is -0.760. The van der Waals surface area contributed by atoms with Crippen LogP contribution in [-0.2, 0) is 25.2 Å². The molecule has 0 saturated carbocycles. The zero-order valence-corrected chi connectivity index (χ0v) is 9.33. The van der Waals surface area contributed by atoms with E-state index in [1.165, 1.54) is 0 Å². The molecular formula is C6H12O6Re. The summed E-state index contributed by atoms with van der Waals surface area (Å²) in [4.78, 5) is 9.90. The van der Waals surface area contributed by atoms with Crippen LogP contribution in [0.15, 0.2) is 0 Å². The maximum atomic E-state index is 9.90. The minimum Gasteiger partial charge on any atom is -0.394 e. The second-order valence-corrected chi connectivity index (χ2v) is 2.36. The normalized spacial score (nSPS) is 19.5. The van der Waals surface area contributed by atoms with Crippen molar-refractivity contribution in [3.63, 3.8) is 0 Å². The molecule has 0 aliphatic rings. The van der Waals surface area contributed by atoms with Crippen LogP contribution in [0.3, 0.4) is 0 Å². The molecule has 0 aromatic carbocycles. The fourth-order valence-corrected chi connectivity index (χ4v) is 0.618. The summed E-state index contributed by atoms with van der Waals surface area (Å²) in [6.07, 6.45) is -6.84. The van der Waals surface area contributed by atoms with Gasteiger partial charge in [-0.15, -0.1) is 0 Å². The number of aldehydes is 1. The van der Waals surface area contributed by atoms with E-state index >= 15 is 0 Å². The molecule has 79 valence electrons. The number of rotatable bonds is 5. The van der Waals surface area contributed by atoms with E-state index in [-0.39, 0.29) is 26.7 Å². The van der Waals surface area contributed by atoms with E-state index in [4.69, 9.17) is 25.5 Å². The van der Waals surface area contributed by atoms with Crippen molar-refractivity contribution in [3.8, 4) is 0 Å². The molecule has 0 rings (SSSR count). The fraction of sp³-hybridized carbons (Fsp3) is 0.833. The van der Waals surface area contributed by atoms with E-state index in [0.717, 1.165) is 0 Å². The van der Waals surface area contributed by atoms with Crippen molar-refractivity contribution in [1.29, 1.82) is 0 Å². The van der Waals surface area contributed by atoms with Gasteiger partial charge in [0.2, 0.25) is 0 Å². The third-order valence-corrected chi connectivity index (χ3v) is 1.42. The van der Waals surface area contributed by atoms with Gasteiger partial charge in [0, 0.05) is 20.4 Å². The van der Waals surface area contributed by atoms with E-state index in [0.29, 0.717) is 0 Å². The predicted molar refractivity (Wildman–Crippen MR) is 37.2 cm³/mol. The van der Waals surface area contributed by atoms with E-state index in [9.17, 15) is 4.79 Å². The first kappa shape index (κ1) is 15.6. The Kier molecular flexibility index (Phi) is 9.03. The Labute approximate surface area is 88.5 Å². The van der Waals surface area contributed by atoms with Crippen LogP contribution in [0.1, 0.15) is 0 Å². The van der Waals surface area contributed by atoms with E-state index in [1.54, 1.807) is 0 Å². The SMILES string of the molecule is O=C[C@@H](O)[C@@H](O)[C@H](O)[C@H](O)CO.[Re]. The van der Waals surface area contributed by atoms with Gasteiger partial charge in [-0.1, -0.05) is 0 Å². The van der Waals surface area contributed by atoms with Gasteiger partial charge in [-0.05, 0) is 0 Å². The molecule has 7 heteroatoms. The Hall–Kier alpha value is 0.132. The van der Waals surface area contributed by atoms with E-state index < -0.39 is 31.0 Å². The van der Waals surface area contributed by atoms with Crippen molar-refractivity contribution >= 4 is 6.29 Å². The number of carbonyl (C=O) groups is 1. The van der Waals surface area contributed by atoms with Crippen LogP contribution in [0.4, 0.5) is 0 Å². The Morgan fingerprint density at radius 3 is 1.85 bits per heavy atom. The molecule has 0 aromatic heterocycles. The van der Waals surface area contributed by atoms with Crippen molar-refractivity contribution in [2.45, 2.75) is 24.4 Å². The largest absolute Gasteiger partial charge is 0.394 e. The van der Waals surface area contributed by atoms with Gasteiger partial charge in [-0.25, -0.2) is 0 Å². The molecule has 0 saturated heterocycles. The van der Waals surface area contributed by atoms with Gasteiger partial charge in [-0.3, -0.25) is 0 Å². The summed E-state index contributed by atoms with van der Waals surface area (Å²) in [6, 6.07) is 0. The van der Waals surface area contributed by atoms with E-state index in [2.05, 4.69) is 0 Å². The van der Waals surface area contributed by atoms with Crippen LogP contribution < -0.4 is 0 Å². The molecule has 0 aliphatic heterocycles. The zero-order chi connectivity index (χ0) is 9.72. The Balaban J connectivity index is 0. The first-order chi connectivity index (χ1) is 5.54. The van der Waals surface area contributed by atoms with Crippen LogP contribution in [0.25, 0.3) is 0 Å². The van der Waals surface area contributed by atoms with Crippen molar-refractivity contribution < 1.29 is 50.7 Å². The smallest absolute Gasteiger partial charge is 0.151 e. The molecule has 1 radical (unpaired) electrons. The van der Waals surface area contributed by atoms with Crippen molar-refractivity contribution in [3.05, 3.63) is 0 Å². The predicted octanol–water partition coefficient (Wildman–Crippen LogP) is -3.38. The van der Waals surface area contributed by atoms with Crippen LogP contribution in [0.5, 0.6) is 0 Å². The topological polar surface area (TPSA) is 118 Å². The molecular weight excluding hydrogens is 354 g/mol. The molecule has 5 N–H and O–H groups in total. The maximum Gasteiger partial charge on any atom is 0.151 e. The monoisotopic (exact) mass is 367 g/mol. The quantitative estimate of drug-likeness (QED) is 0.324. The summed E-state index contributed by atoms with van der Waals surface area (Å²) < 4.78 is 0. The van der Waals surface area contributed by atoms with Gasteiger partial charge in [-0.2, -0.15) is 0 Å². The Morgan fingerprint density at radius 2 is 1.54 bits per heavy atom. The molecule has 0 aliphatic carbocycles. The van der Waals surface area contributed by atoms with Crippen molar-refractivity contribution in [2.75, 3.05) is 6.61 Å². The average molecular weight is 366 g/mol. The van der Waals surface area contributed by atoms with E-state index in [1.807, 2.05) is 0 Å². The van der Waals surface area contributed by atoms with Gasteiger partial charge in [0.25, 0.3) is 0 Å². The zero-order valence-electron chi connectivity index (χ0n) is 6.62. The van der Waals surface area contributed by atoms with Crippen LogP contribution in [0, 0.1) is 0 Å². The van der Waals surface area contributed by atoms with Crippen LogP contribution >= 0.6 is 0 Å². The standard InChI is InChI=1S/C6H12O6.Re/c7-1-3(9)5(11)6(12)4(10)2-8;/h1,3-6,8-12H,2H2;/t3-,4-,5-,6-;/m1./s1. The minimum atomic E-state index is -1.79. The minimum absolute atomic E-state index is 0. The molecule has 0 unspecified atom stereocenters. The summed E-state index contributed by atoms with van der Waals surface area (Å²) in [5, 5.41) is 43.5. The number of hydrogen-bond acceptors (Lipinski definition) is 6. The van der Waals surface area contributed by atoms with Gasteiger partial charge in [0.05, 0.1) is 6.61 Å². The average Bonchev–Trinajstić information content (AvgIpc) is 2.12. The second kappa shape index (κ2) is 7.53. The summed E-state index contributed by atoms with van der Waals surface area (Å²) in [7, 11) is 0. The molecule has 0 fully saturated rings. The number of carbonyl (C=O) groups excluding carboxylic acids is 1. The van der Waals surface area contributed by atoms with Crippen molar-refractivity contribution in [1.82, 2.24) is 0 Å². The molecule has 4 atom stereocenters. The fourth-order valence-electron chi connectivity index (χ4n) is 0.618. The van der Waals surface area contributed by atoms with Crippen molar-refractivity contribution in [2.24, 2.45) is 0 Å². The van der Waals surface area contributed by atoms with Gasteiger partial charge in [0.15, 0.2) is 6.29 Å². The Morgan fingerprint density at radius 1 is 1.08 bits per heavy atom. The molecule has 13 heavy (non-hydrogen) atoms. The molecule has 0 amide bonds. The summed E-state index contributed by atoms with van der Waals surface area (Å²) in [5.74, 6) is 0. The van der Waals surface area contributed by atoms with Gasteiger partial charge < -0.3 is 30.3 Å². The molecule has 0 bridgehead atoms. The number of aliphatic hydroxyl groups excluding tert-OH is 5. The Bertz CT molecular complexity index is 143. The third-order valence-electron chi connectivity index (χ3n) is 1.42. The molecule has 0 spiro atoms. The first-order valence-electron chi connectivity index (χ1n) is 3.33. The van der Waals surface area contributed by atoms with Gasteiger partial charge in [0.1, 0.15) is 24.4 Å². The number of hydrogen-bond donors (Lipinski definition) is 5. The van der Waals surface area contributed by atoms with Crippen LogP contribution in [0.2, 0.25) is 0 Å².